The summed E-state index contributed by atoms with van der Waals surface area (Å²) in [4.78, 5) is 37.7. The number of amides is 3. The normalized spacial score (nSPS) is 16.3. The lowest BCUT2D eigenvalue weighted by atomic mass is 10.3. The molecular weight excluding hydrogens is 240 g/mol. The first-order chi connectivity index (χ1) is 8.56. The van der Waals surface area contributed by atoms with Crippen LogP contribution in [-0.2, 0) is 16.6 Å². The molecule has 1 saturated heterocycles. The number of carbonyl (C=O) groups is 3. The van der Waals surface area contributed by atoms with E-state index < -0.39 is 17.7 Å². The highest BCUT2D eigenvalue weighted by Gasteiger charge is 2.37. The standard InChI is InChI=1S/C9H12N6O3/c1-3-14-4-5-15(9(18)8(14)17)7(16)6-10-11-12-13(6)2/h3-5H2,1-2H3. The molecule has 0 radical (unpaired) electrons. The molecule has 0 atom stereocenters. The minimum Gasteiger partial charge on any atom is -0.333 e. The Labute approximate surface area is 102 Å². The van der Waals surface area contributed by atoms with Crippen LogP contribution in [0.3, 0.4) is 0 Å². The van der Waals surface area contributed by atoms with Gasteiger partial charge in [-0.05, 0) is 17.4 Å². The van der Waals surface area contributed by atoms with Crippen molar-refractivity contribution in [3.63, 3.8) is 0 Å². The highest BCUT2D eigenvalue weighted by Crippen LogP contribution is 2.08. The average molecular weight is 252 g/mol. The molecule has 9 nitrogen and oxygen atoms in total. The maximum atomic E-state index is 12.0. The molecule has 0 aromatic carbocycles. The first-order valence-corrected chi connectivity index (χ1v) is 5.43. The van der Waals surface area contributed by atoms with Gasteiger partial charge < -0.3 is 4.90 Å². The smallest absolute Gasteiger partial charge is 0.319 e. The summed E-state index contributed by atoms with van der Waals surface area (Å²) in [7, 11) is 1.49. The molecule has 2 heterocycles. The minimum absolute atomic E-state index is 0.0684. The number of piperazine rings is 1. The predicted molar refractivity (Wildman–Crippen MR) is 57.1 cm³/mol. The predicted octanol–water partition coefficient (Wildman–Crippen LogP) is -1.96. The number of aryl methyl sites for hydroxylation is 1. The SMILES string of the molecule is CCN1CCN(C(=O)c2nnnn2C)C(=O)C1=O. The molecule has 0 N–H and O–H groups in total. The summed E-state index contributed by atoms with van der Waals surface area (Å²) >= 11 is 0. The molecule has 0 saturated carbocycles. The zero-order valence-corrected chi connectivity index (χ0v) is 10.0. The largest absolute Gasteiger partial charge is 0.333 e. The molecule has 1 aliphatic rings. The van der Waals surface area contributed by atoms with Gasteiger partial charge in [-0.15, -0.1) is 5.10 Å². The first-order valence-electron chi connectivity index (χ1n) is 5.43. The second-order valence-corrected chi connectivity index (χ2v) is 3.77. The van der Waals surface area contributed by atoms with Crippen molar-refractivity contribution in [3.05, 3.63) is 5.82 Å². The molecule has 1 aromatic heterocycles. The molecule has 3 amide bonds. The summed E-state index contributed by atoms with van der Waals surface area (Å²) in [6.07, 6.45) is 0. The van der Waals surface area contributed by atoms with E-state index in [1.54, 1.807) is 6.92 Å². The van der Waals surface area contributed by atoms with E-state index in [2.05, 4.69) is 15.5 Å². The Balaban J connectivity index is 2.21. The Morgan fingerprint density at radius 1 is 1.28 bits per heavy atom. The van der Waals surface area contributed by atoms with E-state index in [1.165, 1.54) is 11.9 Å². The highest BCUT2D eigenvalue weighted by molar-refractivity contribution is 6.38. The molecule has 9 heteroatoms. The number of imide groups is 1. The van der Waals surface area contributed by atoms with Gasteiger partial charge in [-0.1, -0.05) is 0 Å². The maximum Gasteiger partial charge on any atom is 0.319 e. The van der Waals surface area contributed by atoms with Crippen LogP contribution in [0.5, 0.6) is 0 Å². The van der Waals surface area contributed by atoms with E-state index in [0.29, 0.717) is 13.1 Å². The van der Waals surface area contributed by atoms with Crippen molar-refractivity contribution in [1.82, 2.24) is 30.0 Å². The maximum absolute atomic E-state index is 12.0. The molecule has 96 valence electrons. The average Bonchev–Trinajstić information content (AvgIpc) is 2.78. The zero-order chi connectivity index (χ0) is 13.3. The van der Waals surface area contributed by atoms with E-state index in [9.17, 15) is 14.4 Å². The summed E-state index contributed by atoms with van der Waals surface area (Å²) in [5, 5.41) is 10.4. The number of hydrogen-bond donors (Lipinski definition) is 0. The molecule has 0 bridgehead atoms. The number of tetrazole rings is 1. The third-order valence-electron chi connectivity index (χ3n) is 2.75. The lowest BCUT2D eigenvalue weighted by Gasteiger charge is -2.31. The van der Waals surface area contributed by atoms with E-state index in [-0.39, 0.29) is 12.4 Å². The fourth-order valence-corrected chi connectivity index (χ4v) is 1.70. The molecule has 18 heavy (non-hydrogen) atoms. The van der Waals surface area contributed by atoms with Gasteiger partial charge in [0.1, 0.15) is 0 Å². The van der Waals surface area contributed by atoms with Crippen molar-refractivity contribution in [1.29, 1.82) is 0 Å². The Bertz CT molecular complexity index is 510. The molecule has 0 unspecified atom stereocenters. The quantitative estimate of drug-likeness (QED) is 0.447. The fraction of sp³-hybridized carbons (Fsp3) is 0.556. The van der Waals surface area contributed by atoms with E-state index in [4.69, 9.17) is 0 Å². The number of carbonyl (C=O) groups excluding carboxylic acids is 3. The van der Waals surface area contributed by atoms with Gasteiger partial charge in [0.15, 0.2) is 0 Å². The van der Waals surface area contributed by atoms with E-state index in [0.717, 1.165) is 9.58 Å². The first kappa shape index (κ1) is 12.1. The molecule has 2 rings (SSSR count). The van der Waals surface area contributed by atoms with Gasteiger partial charge in [0, 0.05) is 26.7 Å². The van der Waals surface area contributed by atoms with E-state index >= 15 is 0 Å². The van der Waals surface area contributed by atoms with Crippen LogP contribution in [0.15, 0.2) is 0 Å². The molecule has 1 aliphatic heterocycles. The fourth-order valence-electron chi connectivity index (χ4n) is 1.70. The van der Waals surface area contributed by atoms with Crippen LogP contribution < -0.4 is 0 Å². The second kappa shape index (κ2) is 4.51. The van der Waals surface area contributed by atoms with Gasteiger partial charge in [0.05, 0.1) is 0 Å². The summed E-state index contributed by atoms with van der Waals surface area (Å²) in [6.45, 7) is 2.70. The van der Waals surface area contributed by atoms with Crippen LogP contribution in [0.2, 0.25) is 0 Å². The monoisotopic (exact) mass is 252 g/mol. The lowest BCUT2D eigenvalue weighted by Crippen LogP contribution is -2.56. The van der Waals surface area contributed by atoms with Crippen LogP contribution in [-0.4, -0.2) is 67.4 Å². The number of likely N-dealkylation sites (N-methyl/N-ethyl adjacent to an activating group) is 1. The Kier molecular flexibility index (Phi) is 3.04. The number of hydrogen-bond acceptors (Lipinski definition) is 6. The van der Waals surface area contributed by atoms with Gasteiger partial charge in [0.25, 0.3) is 5.91 Å². The summed E-state index contributed by atoms with van der Waals surface area (Å²) in [5.74, 6) is -2.24. The van der Waals surface area contributed by atoms with Crippen LogP contribution >= 0.6 is 0 Å². The van der Waals surface area contributed by atoms with Gasteiger partial charge in [-0.2, -0.15) is 0 Å². The van der Waals surface area contributed by atoms with Crippen molar-refractivity contribution in [2.75, 3.05) is 19.6 Å². The van der Waals surface area contributed by atoms with Crippen molar-refractivity contribution in [3.8, 4) is 0 Å². The number of rotatable bonds is 2. The minimum atomic E-state index is -0.837. The van der Waals surface area contributed by atoms with Gasteiger partial charge in [-0.25, -0.2) is 4.68 Å². The third-order valence-corrected chi connectivity index (χ3v) is 2.75. The topological polar surface area (TPSA) is 101 Å². The van der Waals surface area contributed by atoms with Crippen molar-refractivity contribution >= 4 is 17.7 Å². The highest BCUT2D eigenvalue weighted by atomic mass is 16.2. The van der Waals surface area contributed by atoms with Crippen molar-refractivity contribution in [2.24, 2.45) is 7.05 Å². The second-order valence-electron chi connectivity index (χ2n) is 3.77. The molecule has 1 fully saturated rings. The lowest BCUT2D eigenvalue weighted by molar-refractivity contribution is -0.153. The molecule has 0 spiro atoms. The van der Waals surface area contributed by atoms with Crippen LogP contribution in [0.25, 0.3) is 0 Å². The van der Waals surface area contributed by atoms with Crippen molar-refractivity contribution < 1.29 is 14.4 Å². The zero-order valence-electron chi connectivity index (χ0n) is 10.0. The van der Waals surface area contributed by atoms with Gasteiger partial charge in [-0.3, -0.25) is 19.3 Å². The Morgan fingerprint density at radius 2 is 2.00 bits per heavy atom. The molecule has 0 aliphatic carbocycles. The number of nitrogens with zero attached hydrogens (tertiary/aromatic N) is 6. The molecular formula is C9H12N6O3. The van der Waals surface area contributed by atoms with E-state index in [1.807, 2.05) is 0 Å². The summed E-state index contributed by atoms with van der Waals surface area (Å²) in [5.41, 5.74) is 0. The number of aromatic nitrogens is 4. The van der Waals surface area contributed by atoms with Gasteiger partial charge >= 0.3 is 11.8 Å². The van der Waals surface area contributed by atoms with Gasteiger partial charge in [0.2, 0.25) is 5.82 Å². The van der Waals surface area contributed by atoms with Crippen LogP contribution in [0.4, 0.5) is 0 Å². The Morgan fingerprint density at radius 3 is 2.56 bits per heavy atom. The summed E-state index contributed by atoms with van der Waals surface area (Å²) < 4.78 is 1.16. The summed E-state index contributed by atoms with van der Waals surface area (Å²) in [6, 6.07) is 0. The molecule has 1 aromatic rings. The Hall–Kier alpha value is -2.32. The van der Waals surface area contributed by atoms with Crippen molar-refractivity contribution in [2.45, 2.75) is 6.92 Å². The third kappa shape index (κ3) is 1.83. The van der Waals surface area contributed by atoms with Crippen LogP contribution in [0.1, 0.15) is 17.5 Å². The van der Waals surface area contributed by atoms with Crippen LogP contribution in [0, 0.1) is 0 Å².